The molecule has 1 aliphatic heterocycles. The summed E-state index contributed by atoms with van der Waals surface area (Å²) >= 11 is 0. The van der Waals surface area contributed by atoms with Gasteiger partial charge in [0.15, 0.2) is 5.70 Å². The van der Waals surface area contributed by atoms with E-state index in [9.17, 15) is 4.79 Å². The number of fused-ring (bicyclic) bond motifs is 1. The second-order valence-electron chi connectivity index (χ2n) is 7.67. The molecule has 32 heavy (non-hydrogen) atoms. The minimum Gasteiger partial charge on any atom is -0.488 e. The van der Waals surface area contributed by atoms with Crippen molar-refractivity contribution in [3.8, 4) is 5.75 Å². The third-order valence-electron chi connectivity index (χ3n) is 5.37. The van der Waals surface area contributed by atoms with Gasteiger partial charge in [-0.3, -0.25) is 0 Å². The first-order valence-electron chi connectivity index (χ1n) is 10.5. The third kappa shape index (κ3) is 4.03. The quantitative estimate of drug-likeness (QED) is 0.291. The van der Waals surface area contributed by atoms with Crippen LogP contribution in [0.3, 0.4) is 0 Å². The standard InChI is InChI=1S/C28H21NO3/c1-19-11-13-22(14-12-19)27-29-25(28(30)32-27)17-24-23-10-6-5-9-21(23)15-16-26(24)31-18-20-7-3-2-4-8-20/h2-17H,18H2,1H3/b25-17-. The lowest BCUT2D eigenvalue weighted by Gasteiger charge is -2.12. The molecule has 4 aromatic rings. The molecule has 0 saturated heterocycles. The van der Waals surface area contributed by atoms with Gasteiger partial charge in [-0.1, -0.05) is 78.4 Å². The largest absolute Gasteiger partial charge is 0.488 e. The van der Waals surface area contributed by atoms with Crippen molar-refractivity contribution in [3.05, 3.63) is 119 Å². The molecule has 0 fully saturated rings. The molecule has 156 valence electrons. The van der Waals surface area contributed by atoms with Gasteiger partial charge < -0.3 is 9.47 Å². The Morgan fingerprint density at radius 1 is 0.875 bits per heavy atom. The number of aryl methyl sites for hydroxylation is 1. The summed E-state index contributed by atoms with van der Waals surface area (Å²) in [5.74, 6) is 0.530. The van der Waals surface area contributed by atoms with Gasteiger partial charge in [0, 0.05) is 11.1 Å². The highest BCUT2D eigenvalue weighted by atomic mass is 16.6. The molecule has 1 aliphatic rings. The molecular formula is C28H21NO3. The fourth-order valence-corrected chi connectivity index (χ4v) is 3.65. The van der Waals surface area contributed by atoms with Crippen molar-refractivity contribution in [3.63, 3.8) is 0 Å². The summed E-state index contributed by atoms with van der Waals surface area (Å²) in [5.41, 5.74) is 4.02. The number of carbonyl (C=O) groups excluding carboxylic acids is 1. The van der Waals surface area contributed by atoms with Gasteiger partial charge in [-0.15, -0.1) is 0 Å². The Morgan fingerprint density at radius 2 is 1.62 bits per heavy atom. The molecule has 0 radical (unpaired) electrons. The van der Waals surface area contributed by atoms with E-state index >= 15 is 0 Å². The Bertz CT molecular complexity index is 1350. The minimum absolute atomic E-state index is 0.251. The number of aliphatic imine (C=N–C) groups is 1. The summed E-state index contributed by atoms with van der Waals surface area (Å²) in [5, 5.41) is 2.04. The molecule has 0 amide bonds. The Morgan fingerprint density at radius 3 is 2.44 bits per heavy atom. The summed E-state index contributed by atoms with van der Waals surface area (Å²) in [4.78, 5) is 17.1. The topological polar surface area (TPSA) is 47.9 Å². The fraction of sp³-hybridized carbons (Fsp3) is 0.0714. The van der Waals surface area contributed by atoms with Crippen LogP contribution < -0.4 is 4.74 Å². The number of hydrogen-bond acceptors (Lipinski definition) is 4. The highest BCUT2D eigenvalue weighted by Crippen LogP contribution is 2.32. The van der Waals surface area contributed by atoms with E-state index < -0.39 is 5.97 Å². The molecule has 5 rings (SSSR count). The average molecular weight is 419 g/mol. The highest BCUT2D eigenvalue weighted by molar-refractivity contribution is 6.13. The van der Waals surface area contributed by atoms with Crippen molar-refractivity contribution >= 4 is 28.7 Å². The van der Waals surface area contributed by atoms with E-state index in [-0.39, 0.29) is 5.70 Å². The van der Waals surface area contributed by atoms with Crippen LogP contribution in [0.4, 0.5) is 0 Å². The number of hydrogen-bond donors (Lipinski definition) is 0. The Hall–Kier alpha value is -4.18. The predicted molar refractivity (Wildman–Crippen MR) is 127 cm³/mol. The number of carbonyl (C=O) groups is 1. The molecule has 4 aromatic carbocycles. The Balaban J connectivity index is 1.55. The monoisotopic (exact) mass is 419 g/mol. The van der Waals surface area contributed by atoms with Crippen molar-refractivity contribution in [2.45, 2.75) is 13.5 Å². The lowest BCUT2D eigenvalue weighted by Crippen LogP contribution is -2.05. The van der Waals surface area contributed by atoms with E-state index in [2.05, 4.69) is 4.99 Å². The maximum absolute atomic E-state index is 12.6. The van der Waals surface area contributed by atoms with E-state index in [0.717, 1.165) is 33.0 Å². The second-order valence-corrected chi connectivity index (χ2v) is 7.67. The van der Waals surface area contributed by atoms with Gasteiger partial charge in [0.1, 0.15) is 12.4 Å². The molecule has 1 heterocycles. The smallest absolute Gasteiger partial charge is 0.363 e. The minimum atomic E-state index is -0.470. The van der Waals surface area contributed by atoms with Gasteiger partial charge in [0.05, 0.1) is 0 Å². The first kappa shape index (κ1) is 19.8. The SMILES string of the molecule is Cc1ccc(C2=N/C(=C\c3c(OCc4ccccc4)ccc4ccccc34)C(=O)O2)cc1. The molecule has 4 heteroatoms. The first-order valence-corrected chi connectivity index (χ1v) is 10.5. The average Bonchev–Trinajstić information content (AvgIpc) is 3.19. The molecule has 0 N–H and O–H groups in total. The molecule has 0 saturated carbocycles. The van der Waals surface area contributed by atoms with Gasteiger partial charge in [0.2, 0.25) is 5.90 Å². The van der Waals surface area contributed by atoms with Gasteiger partial charge in [-0.25, -0.2) is 9.79 Å². The first-order chi connectivity index (χ1) is 15.7. The van der Waals surface area contributed by atoms with Gasteiger partial charge in [0.25, 0.3) is 0 Å². The van der Waals surface area contributed by atoms with Crippen LogP contribution in [0.5, 0.6) is 5.75 Å². The van der Waals surface area contributed by atoms with Crippen LogP contribution in [0.15, 0.2) is 102 Å². The van der Waals surface area contributed by atoms with E-state index in [4.69, 9.17) is 9.47 Å². The summed E-state index contributed by atoms with van der Waals surface area (Å²) in [6, 6.07) is 29.7. The number of ether oxygens (including phenoxy) is 2. The summed E-state index contributed by atoms with van der Waals surface area (Å²) in [6.45, 7) is 2.44. The van der Waals surface area contributed by atoms with Crippen LogP contribution in [-0.2, 0) is 16.1 Å². The number of benzene rings is 4. The Labute approximate surface area is 186 Å². The number of rotatable bonds is 5. The maximum Gasteiger partial charge on any atom is 0.363 e. The molecule has 0 bridgehead atoms. The highest BCUT2D eigenvalue weighted by Gasteiger charge is 2.25. The number of esters is 1. The fourth-order valence-electron chi connectivity index (χ4n) is 3.65. The summed E-state index contributed by atoms with van der Waals surface area (Å²) in [7, 11) is 0. The lowest BCUT2D eigenvalue weighted by atomic mass is 10.0. The zero-order valence-electron chi connectivity index (χ0n) is 17.6. The molecule has 0 atom stereocenters. The van der Waals surface area contributed by atoms with Crippen LogP contribution in [-0.4, -0.2) is 11.9 Å². The molecule has 0 aromatic heterocycles. The van der Waals surface area contributed by atoms with Crippen molar-refractivity contribution in [2.75, 3.05) is 0 Å². The zero-order chi connectivity index (χ0) is 21.9. The number of nitrogens with zero attached hydrogens (tertiary/aromatic N) is 1. The molecule has 0 aliphatic carbocycles. The van der Waals surface area contributed by atoms with Crippen molar-refractivity contribution in [1.82, 2.24) is 0 Å². The van der Waals surface area contributed by atoms with E-state index in [0.29, 0.717) is 18.3 Å². The second kappa shape index (κ2) is 8.52. The molecule has 0 unspecified atom stereocenters. The van der Waals surface area contributed by atoms with E-state index in [1.165, 1.54) is 0 Å². The molecule has 0 spiro atoms. The lowest BCUT2D eigenvalue weighted by molar-refractivity contribution is -0.129. The van der Waals surface area contributed by atoms with E-state index in [1.807, 2.05) is 97.9 Å². The molecule has 4 nitrogen and oxygen atoms in total. The Kier molecular flexibility index (Phi) is 5.26. The van der Waals surface area contributed by atoms with Crippen LogP contribution in [0.1, 0.15) is 22.3 Å². The van der Waals surface area contributed by atoms with Gasteiger partial charge >= 0.3 is 5.97 Å². The third-order valence-corrected chi connectivity index (χ3v) is 5.37. The summed E-state index contributed by atoms with van der Waals surface area (Å²) < 4.78 is 11.6. The van der Waals surface area contributed by atoms with Crippen molar-refractivity contribution < 1.29 is 14.3 Å². The van der Waals surface area contributed by atoms with E-state index in [1.54, 1.807) is 6.08 Å². The van der Waals surface area contributed by atoms with Crippen molar-refractivity contribution in [1.29, 1.82) is 0 Å². The van der Waals surface area contributed by atoms with Crippen LogP contribution in [0, 0.1) is 6.92 Å². The van der Waals surface area contributed by atoms with Crippen LogP contribution >= 0.6 is 0 Å². The predicted octanol–water partition coefficient (Wildman–Crippen LogP) is 6.07. The van der Waals surface area contributed by atoms with Gasteiger partial charge in [-0.05, 0) is 47.5 Å². The van der Waals surface area contributed by atoms with Crippen LogP contribution in [0.2, 0.25) is 0 Å². The number of cyclic esters (lactones) is 1. The van der Waals surface area contributed by atoms with Gasteiger partial charge in [-0.2, -0.15) is 0 Å². The normalized spacial score (nSPS) is 14.5. The van der Waals surface area contributed by atoms with Crippen molar-refractivity contribution in [2.24, 2.45) is 4.99 Å². The maximum atomic E-state index is 12.6. The zero-order valence-corrected chi connectivity index (χ0v) is 17.6. The van der Waals surface area contributed by atoms with Crippen LogP contribution in [0.25, 0.3) is 16.8 Å². The summed E-state index contributed by atoms with van der Waals surface area (Å²) in [6.07, 6.45) is 1.76. The molecular weight excluding hydrogens is 398 g/mol.